The maximum Gasteiger partial charge on any atom is 0.243 e. The molecular formula is C15H17BrN2O2S. The molecule has 2 N–H and O–H groups in total. The summed E-state index contributed by atoms with van der Waals surface area (Å²) in [6.45, 7) is 2.08. The molecule has 2 aromatic carbocycles. The number of nitrogen functional groups attached to an aromatic ring is 1. The van der Waals surface area contributed by atoms with Crippen LogP contribution >= 0.6 is 15.9 Å². The summed E-state index contributed by atoms with van der Waals surface area (Å²) in [7, 11) is -2.01. The van der Waals surface area contributed by atoms with Crippen LogP contribution in [0.1, 0.15) is 11.1 Å². The van der Waals surface area contributed by atoms with Crippen molar-refractivity contribution in [2.24, 2.45) is 0 Å². The largest absolute Gasteiger partial charge is 0.398 e. The first-order valence-corrected chi connectivity index (χ1v) is 8.61. The normalized spacial score (nSPS) is 11.8. The second-order valence-corrected chi connectivity index (χ2v) is 7.75. The predicted octanol–water partition coefficient (Wildman–Crippen LogP) is 3.16. The van der Waals surface area contributed by atoms with E-state index in [1.54, 1.807) is 20.0 Å². The Labute approximate surface area is 133 Å². The topological polar surface area (TPSA) is 63.4 Å². The van der Waals surface area contributed by atoms with Gasteiger partial charge >= 0.3 is 0 Å². The van der Waals surface area contributed by atoms with Crippen molar-refractivity contribution in [3.05, 3.63) is 58.1 Å². The minimum Gasteiger partial charge on any atom is -0.398 e. The smallest absolute Gasteiger partial charge is 0.243 e. The van der Waals surface area contributed by atoms with Gasteiger partial charge in [0.2, 0.25) is 10.0 Å². The van der Waals surface area contributed by atoms with Crippen LogP contribution in [0.4, 0.5) is 5.69 Å². The Bertz CT molecular complexity index is 746. The van der Waals surface area contributed by atoms with Crippen LogP contribution in [-0.4, -0.2) is 19.8 Å². The highest BCUT2D eigenvalue weighted by atomic mass is 79.9. The zero-order valence-electron chi connectivity index (χ0n) is 11.9. The van der Waals surface area contributed by atoms with E-state index in [-0.39, 0.29) is 4.90 Å². The Hall–Kier alpha value is -1.37. The summed E-state index contributed by atoms with van der Waals surface area (Å²) in [4.78, 5) is 0.238. The summed E-state index contributed by atoms with van der Waals surface area (Å²) in [6.07, 6.45) is 0. The first kappa shape index (κ1) is 16.0. The van der Waals surface area contributed by atoms with E-state index in [4.69, 9.17) is 5.73 Å². The van der Waals surface area contributed by atoms with Gasteiger partial charge in [-0.25, -0.2) is 8.42 Å². The third kappa shape index (κ3) is 3.45. The molecule has 2 rings (SSSR count). The summed E-state index contributed by atoms with van der Waals surface area (Å²) in [5.41, 5.74) is 7.82. The maximum atomic E-state index is 12.7. The van der Waals surface area contributed by atoms with Crippen molar-refractivity contribution < 1.29 is 8.42 Å². The van der Waals surface area contributed by atoms with Gasteiger partial charge in [-0.05, 0) is 46.1 Å². The SMILES string of the molecule is Cc1cc(Br)c(N)cc1S(=O)(=O)N(C)Cc1ccccc1. The van der Waals surface area contributed by atoms with Crippen molar-refractivity contribution in [3.63, 3.8) is 0 Å². The number of benzene rings is 2. The van der Waals surface area contributed by atoms with Gasteiger partial charge < -0.3 is 5.73 Å². The lowest BCUT2D eigenvalue weighted by molar-refractivity contribution is 0.466. The molecule has 0 heterocycles. The lowest BCUT2D eigenvalue weighted by atomic mass is 10.2. The second kappa shape index (κ2) is 6.17. The molecule has 0 atom stereocenters. The number of hydrogen-bond acceptors (Lipinski definition) is 3. The van der Waals surface area contributed by atoms with Gasteiger partial charge in [-0.2, -0.15) is 4.31 Å². The first-order chi connectivity index (χ1) is 9.82. The van der Waals surface area contributed by atoms with Crippen molar-refractivity contribution >= 4 is 31.6 Å². The van der Waals surface area contributed by atoms with Gasteiger partial charge in [0.1, 0.15) is 0 Å². The van der Waals surface area contributed by atoms with Crippen molar-refractivity contribution in [2.75, 3.05) is 12.8 Å². The molecule has 112 valence electrons. The van der Waals surface area contributed by atoms with Gasteiger partial charge in [-0.1, -0.05) is 30.3 Å². The first-order valence-electron chi connectivity index (χ1n) is 6.38. The highest BCUT2D eigenvalue weighted by Crippen LogP contribution is 2.28. The van der Waals surface area contributed by atoms with Crippen molar-refractivity contribution in [2.45, 2.75) is 18.4 Å². The van der Waals surface area contributed by atoms with Gasteiger partial charge in [0, 0.05) is 23.8 Å². The van der Waals surface area contributed by atoms with Crippen LogP contribution in [0, 0.1) is 6.92 Å². The third-order valence-corrected chi connectivity index (χ3v) is 5.86. The molecule has 0 spiro atoms. The highest BCUT2D eigenvalue weighted by molar-refractivity contribution is 9.10. The van der Waals surface area contributed by atoms with Gasteiger partial charge in [0.25, 0.3) is 0 Å². The van der Waals surface area contributed by atoms with Crippen LogP contribution in [0.2, 0.25) is 0 Å². The van der Waals surface area contributed by atoms with E-state index in [9.17, 15) is 8.42 Å². The molecule has 0 unspecified atom stereocenters. The van der Waals surface area contributed by atoms with Gasteiger partial charge in [-0.15, -0.1) is 0 Å². The fourth-order valence-electron chi connectivity index (χ4n) is 2.04. The lowest BCUT2D eigenvalue weighted by Crippen LogP contribution is -2.27. The van der Waals surface area contributed by atoms with E-state index in [0.29, 0.717) is 22.3 Å². The summed E-state index contributed by atoms with van der Waals surface area (Å²) in [5.74, 6) is 0. The maximum absolute atomic E-state index is 12.7. The molecule has 0 radical (unpaired) electrons. The zero-order valence-corrected chi connectivity index (χ0v) is 14.3. The van der Waals surface area contributed by atoms with Crippen LogP contribution in [0.3, 0.4) is 0 Å². The van der Waals surface area contributed by atoms with Crippen molar-refractivity contribution in [3.8, 4) is 0 Å². The van der Waals surface area contributed by atoms with Gasteiger partial charge in [0.15, 0.2) is 0 Å². The molecular weight excluding hydrogens is 352 g/mol. The number of aryl methyl sites for hydroxylation is 1. The third-order valence-electron chi connectivity index (χ3n) is 3.23. The fraction of sp³-hybridized carbons (Fsp3) is 0.200. The van der Waals surface area contributed by atoms with E-state index in [1.807, 2.05) is 30.3 Å². The number of halogens is 1. The molecule has 21 heavy (non-hydrogen) atoms. The average Bonchev–Trinajstić information content (AvgIpc) is 2.43. The molecule has 0 aliphatic heterocycles. The number of nitrogens with two attached hydrogens (primary N) is 1. The molecule has 0 fully saturated rings. The number of rotatable bonds is 4. The molecule has 4 nitrogen and oxygen atoms in total. The monoisotopic (exact) mass is 368 g/mol. The van der Waals surface area contributed by atoms with E-state index in [0.717, 1.165) is 5.56 Å². The zero-order chi connectivity index (χ0) is 15.6. The van der Waals surface area contributed by atoms with E-state index < -0.39 is 10.0 Å². The summed E-state index contributed by atoms with van der Waals surface area (Å²) in [6, 6.07) is 12.7. The minimum atomic E-state index is -3.57. The quantitative estimate of drug-likeness (QED) is 0.842. The summed E-state index contributed by atoms with van der Waals surface area (Å²) < 4.78 is 27.4. The van der Waals surface area contributed by atoms with Crippen LogP contribution < -0.4 is 5.73 Å². The van der Waals surface area contributed by atoms with Crippen molar-refractivity contribution in [1.29, 1.82) is 0 Å². The molecule has 0 aromatic heterocycles. The number of nitrogens with zero attached hydrogens (tertiary/aromatic N) is 1. The standard InChI is InChI=1S/C15H17BrN2O2S/c1-11-8-13(16)14(17)9-15(11)21(19,20)18(2)10-12-6-4-3-5-7-12/h3-9H,10,17H2,1-2H3. The van der Waals surface area contributed by atoms with Crippen LogP contribution in [0.25, 0.3) is 0 Å². The lowest BCUT2D eigenvalue weighted by Gasteiger charge is -2.19. The summed E-state index contributed by atoms with van der Waals surface area (Å²) in [5, 5.41) is 0. The molecule has 6 heteroatoms. The van der Waals surface area contributed by atoms with Gasteiger partial charge in [0.05, 0.1) is 4.90 Å². The summed E-state index contributed by atoms with van der Waals surface area (Å²) >= 11 is 3.30. The molecule has 0 amide bonds. The fourth-order valence-corrected chi connectivity index (χ4v) is 3.89. The average molecular weight is 369 g/mol. The minimum absolute atomic E-state index is 0.238. The van der Waals surface area contributed by atoms with E-state index >= 15 is 0 Å². The van der Waals surface area contributed by atoms with Crippen molar-refractivity contribution in [1.82, 2.24) is 4.31 Å². The van der Waals surface area contributed by atoms with Crippen LogP contribution in [0.5, 0.6) is 0 Å². The number of sulfonamides is 1. The predicted molar refractivity (Wildman–Crippen MR) is 88.4 cm³/mol. The Balaban J connectivity index is 2.36. The molecule has 0 saturated heterocycles. The molecule has 0 bridgehead atoms. The number of hydrogen-bond donors (Lipinski definition) is 1. The Morgan fingerprint density at radius 1 is 1.19 bits per heavy atom. The van der Waals surface area contributed by atoms with Crippen LogP contribution in [-0.2, 0) is 16.6 Å². The molecule has 0 aliphatic rings. The molecule has 0 saturated carbocycles. The van der Waals surface area contributed by atoms with E-state index in [1.165, 1.54) is 10.4 Å². The Morgan fingerprint density at radius 3 is 2.43 bits per heavy atom. The van der Waals surface area contributed by atoms with Crippen LogP contribution in [0.15, 0.2) is 51.8 Å². The molecule has 2 aromatic rings. The Kier molecular flexibility index (Phi) is 4.70. The highest BCUT2D eigenvalue weighted by Gasteiger charge is 2.23. The Morgan fingerprint density at radius 2 is 1.81 bits per heavy atom. The second-order valence-electron chi connectivity index (χ2n) is 4.89. The molecule has 0 aliphatic carbocycles. The van der Waals surface area contributed by atoms with E-state index in [2.05, 4.69) is 15.9 Å². The number of anilines is 1. The van der Waals surface area contributed by atoms with Gasteiger partial charge in [-0.3, -0.25) is 0 Å².